The third-order valence-electron chi connectivity index (χ3n) is 3.02. The first-order valence-corrected chi connectivity index (χ1v) is 6.64. The molecule has 0 fully saturated rings. The number of benzene rings is 1. The summed E-state index contributed by atoms with van der Waals surface area (Å²) in [6.45, 7) is 5.46. The van der Waals surface area contributed by atoms with Crippen molar-refractivity contribution in [3.8, 4) is 0 Å². The Hall–Kier alpha value is -1.23. The third kappa shape index (κ3) is 4.13. The van der Waals surface area contributed by atoms with Crippen molar-refractivity contribution < 1.29 is 18.0 Å². The molecule has 0 spiro atoms. The molecule has 0 bridgehead atoms. The van der Waals surface area contributed by atoms with E-state index in [2.05, 4.69) is 5.32 Å². The van der Waals surface area contributed by atoms with Gasteiger partial charge in [-0.15, -0.1) is 0 Å². The Morgan fingerprint density at radius 2 is 1.90 bits per heavy atom. The topological polar surface area (TPSA) is 29.1 Å². The van der Waals surface area contributed by atoms with Crippen molar-refractivity contribution in [2.75, 3.05) is 5.32 Å². The van der Waals surface area contributed by atoms with Crippen molar-refractivity contribution in [2.45, 2.75) is 39.8 Å². The predicted octanol–water partition coefficient (Wildman–Crippen LogP) is 5.12. The first kappa shape index (κ1) is 16.8. The summed E-state index contributed by atoms with van der Waals surface area (Å²) in [5.41, 5.74) is -1.49. The van der Waals surface area contributed by atoms with Gasteiger partial charge in [0.2, 0.25) is 5.91 Å². The Bertz CT molecular complexity index is 498. The molecule has 1 aromatic carbocycles. The van der Waals surface area contributed by atoms with Crippen molar-refractivity contribution in [1.29, 1.82) is 0 Å². The Morgan fingerprint density at radius 3 is 2.40 bits per heavy atom. The number of rotatable bonds is 4. The second-order valence-corrected chi connectivity index (χ2v) is 5.69. The molecule has 0 aromatic heterocycles. The number of alkyl halides is 3. The second kappa shape index (κ2) is 6.04. The summed E-state index contributed by atoms with van der Waals surface area (Å²) in [7, 11) is 0. The number of amides is 1. The lowest BCUT2D eigenvalue weighted by molar-refractivity contribution is -0.137. The molecular formula is C14H17ClF3NO. The number of halogens is 4. The number of hydrogen-bond donors (Lipinski definition) is 1. The van der Waals surface area contributed by atoms with Crippen LogP contribution >= 0.6 is 11.6 Å². The molecule has 0 aliphatic rings. The minimum Gasteiger partial charge on any atom is -0.326 e. The van der Waals surface area contributed by atoms with Crippen LogP contribution in [0, 0.1) is 5.41 Å². The summed E-state index contributed by atoms with van der Waals surface area (Å²) in [5.74, 6) is -0.310. The number of carbonyl (C=O) groups is 1. The van der Waals surface area contributed by atoms with Crippen LogP contribution in [0.5, 0.6) is 0 Å². The number of nitrogens with one attached hydrogen (secondary N) is 1. The van der Waals surface area contributed by atoms with E-state index in [-0.39, 0.29) is 16.6 Å². The zero-order valence-electron chi connectivity index (χ0n) is 11.6. The predicted molar refractivity (Wildman–Crippen MR) is 73.8 cm³/mol. The van der Waals surface area contributed by atoms with Crippen molar-refractivity contribution in [3.05, 3.63) is 28.8 Å². The molecule has 112 valence electrons. The molecule has 0 heterocycles. The zero-order chi connectivity index (χ0) is 15.6. The second-order valence-electron chi connectivity index (χ2n) is 5.28. The molecule has 6 heteroatoms. The molecule has 0 aliphatic heterocycles. The maximum atomic E-state index is 12.7. The van der Waals surface area contributed by atoms with E-state index >= 15 is 0 Å². The smallest absolute Gasteiger partial charge is 0.326 e. The van der Waals surface area contributed by atoms with Crippen molar-refractivity contribution >= 4 is 23.2 Å². The van der Waals surface area contributed by atoms with Gasteiger partial charge in [-0.1, -0.05) is 38.8 Å². The van der Waals surface area contributed by atoms with Gasteiger partial charge in [-0.3, -0.25) is 4.79 Å². The van der Waals surface area contributed by atoms with Crippen molar-refractivity contribution in [1.82, 2.24) is 0 Å². The van der Waals surface area contributed by atoms with E-state index in [0.717, 1.165) is 18.6 Å². The minimum absolute atomic E-state index is 0.0934. The van der Waals surface area contributed by atoms with Gasteiger partial charge in [0, 0.05) is 11.1 Å². The first-order valence-electron chi connectivity index (χ1n) is 6.26. The van der Waals surface area contributed by atoms with Crippen LogP contribution < -0.4 is 5.32 Å². The molecule has 1 aromatic rings. The maximum Gasteiger partial charge on any atom is 0.417 e. The van der Waals surface area contributed by atoms with Gasteiger partial charge < -0.3 is 5.32 Å². The van der Waals surface area contributed by atoms with E-state index < -0.39 is 17.2 Å². The summed E-state index contributed by atoms with van der Waals surface area (Å²) in [6.07, 6.45) is -3.08. The van der Waals surface area contributed by atoms with Gasteiger partial charge >= 0.3 is 6.18 Å². The standard InChI is InChI=1S/C14H17ClF3NO/c1-4-7-13(2,3)12(20)19-9-5-6-11(15)10(8-9)14(16,17)18/h5-6,8H,4,7H2,1-3H3,(H,19,20). The van der Waals surface area contributed by atoms with E-state index in [1.54, 1.807) is 13.8 Å². The van der Waals surface area contributed by atoms with Crippen molar-refractivity contribution in [2.24, 2.45) is 5.41 Å². The van der Waals surface area contributed by atoms with Gasteiger partial charge in [0.05, 0.1) is 10.6 Å². The first-order chi connectivity index (χ1) is 9.08. The lowest BCUT2D eigenvalue weighted by Gasteiger charge is -2.23. The number of anilines is 1. The Labute approximate surface area is 121 Å². The van der Waals surface area contributed by atoms with Gasteiger partial charge in [0.25, 0.3) is 0 Å². The van der Waals surface area contributed by atoms with E-state index in [9.17, 15) is 18.0 Å². The van der Waals surface area contributed by atoms with Crippen LogP contribution in [0.1, 0.15) is 39.2 Å². The fraction of sp³-hybridized carbons (Fsp3) is 0.500. The summed E-state index contributed by atoms with van der Waals surface area (Å²) in [6, 6.07) is 3.34. The molecule has 0 aliphatic carbocycles. The summed E-state index contributed by atoms with van der Waals surface area (Å²) < 4.78 is 38.2. The third-order valence-corrected chi connectivity index (χ3v) is 3.35. The van der Waals surface area contributed by atoms with Crippen LogP contribution in [-0.2, 0) is 11.0 Å². The summed E-state index contributed by atoms with van der Waals surface area (Å²) >= 11 is 5.52. The highest BCUT2D eigenvalue weighted by atomic mass is 35.5. The highest BCUT2D eigenvalue weighted by molar-refractivity contribution is 6.31. The average Bonchev–Trinajstić information content (AvgIpc) is 2.30. The highest BCUT2D eigenvalue weighted by Gasteiger charge is 2.34. The van der Waals surface area contributed by atoms with E-state index in [0.29, 0.717) is 6.42 Å². The zero-order valence-corrected chi connectivity index (χ0v) is 12.3. The van der Waals surface area contributed by atoms with Crippen LogP contribution in [-0.4, -0.2) is 5.91 Å². The normalized spacial score (nSPS) is 12.3. The van der Waals surface area contributed by atoms with Gasteiger partial charge in [-0.25, -0.2) is 0 Å². The molecular weight excluding hydrogens is 291 g/mol. The molecule has 20 heavy (non-hydrogen) atoms. The monoisotopic (exact) mass is 307 g/mol. The van der Waals surface area contributed by atoms with Crippen LogP contribution in [0.3, 0.4) is 0 Å². The highest BCUT2D eigenvalue weighted by Crippen LogP contribution is 2.36. The number of hydrogen-bond acceptors (Lipinski definition) is 1. The van der Waals surface area contributed by atoms with Crippen LogP contribution in [0.4, 0.5) is 18.9 Å². The van der Waals surface area contributed by atoms with Crippen LogP contribution in [0.25, 0.3) is 0 Å². The largest absolute Gasteiger partial charge is 0.417 e. The molecule has 1 N–H and O–H groups in total. The molecule has 0 saturated heterocycles. The van der Waals surface area contributed by atoms with Gasteiger partial charge in [0.15, 0.2) is 0 Å². The lowest BCUT2D eigenvalue weighted by Crippen LogP contribution is -2.30. The SMILES string of the molecule is CCCC(C)(C)C(=O)Nc1ccc(Cl)c(C(F)(F)F)c1. The van der Waals surface area contributed by atoms with Gasteiger partial charge in [-0.05, 0) is 24.6 Å². The molecule has 0 unspecified atom stereocenters. The van der Waals surface area contributed by atoms with Crippen LogP contribution in [0.15, 0.2) is 18.2 Å². The summed E-state index contributed by atoms with van der Waals surface area (Å²) in [4.78, 5) is 12.0. The number of carbonyl (C=O) groups excluding carboxylic acids is 1. The Kier molecular flexibility index (Phi) is 5.08. The van der Waals surface area contributed by atoms with Gasteiger partial charge in [0.1, 0.15) is 0 Å². The van der Waals surface area contributed by atoms with Crippen molar-refractivity contribution in [3.63, 3.8) is 0 Å². The Balaban J connectivity index is 2.97. The van der Waals surface area contributed by atoms with E-state index in [1.807, 2.05) is 6.92 Å². The lowest BCUT2D eigenvalue weighted by atomic mass is 9.87. The summed E-state index contributed by atoms with van der Waals surface area (Å²) in [5, 5.41) is 2.12. The molecule has 0 radical (unpaired) electrons. The van der Waals surface area contributed by atoms with Gasteiger partial charge in [-0.2, -0.15) is 13.2 Å². The molecule has 0 saturated carbocycles. The molecule has 1 amide bonds. The average molecular weight is 308 g/mol. The van der Waals surface area contributed by atoms with E-state index in [1.165, 1.54) is 6.07 Å². The fourth-order valence-corrected chi connectivity index (χ4v) is 2.08. The van der Waals surface area contributed by atoms with E-state index in [4.69, 9.17) is 11.6 Å². The maximum absolute atomic E-state index is 12.7. The Morgan fingerprint density at radius 1 is 1.30 bits per heavy atom. The quantitative estimate of drug-likeness (QED) is 0.821. The molecule has 1 rings (SSSR count). The van der Waals surface area contributed by atoms with Crippen LogP contribution in [0.2, 0.25) is 5.02 Å². The fourth-order valence-electron chi connectivity index (χ4n) is 1.86. The molecule has 0 atom stereocenters. The molecule has 2 nitrogen and oxygen atoms in total. The minimum atomic E-state index is -4.54.